The van der Waals surface area contributed by atoms with E-state index in [2.05, 4.69) is 0 Å². The molecule has 2 atom stereocenters. The van der Waals surface area contributed by atoms with Crippen molar-refractivity contribution in [2.75, 3.05) is 18.1 Å². The number of thioether (sulfide) groups is 2. The van der Waals surface area contributed by atoms with E-state index in [1.165, 1.54) is 27.7 Å². The molecule has 0 saturated carbocycles. The van der Waals surface area contributed by atoms with Crippen LogP contribution in [-0.4, -0.2) is 36.3 Å². The first-order valence-electron chi connectivity index (χ1n) is 5.62. The van der Waals surface area contributed by atoms with Crippen molar-refractivity contribution in [1.82, 2.24) is 0 Å². The van der Waals surface area contributed by atoms with Crippen LogP contribution in [0.3, 0.4) is 0 Å². The van der Waals surface area contributed by atoms with Gasteiger partial charge in [0.1, 0.15) is 6.10 Å². The molecule has 3 saturated heterocycles. The third kappa shape index (κ3) is 2.04. The maximum absolute atomic E-state index is 5.91. The largest absolute Gasteiger partial charge is 0.345 e. The topological polar surface area (TPSA) is 27.7 Å². The van der Waals surface area contributed by atoms with Gasteiger partial charge in [0.15, 0.2) is 12.1 Å². The lowest BCUT2D eigenvalue weighted by Crippen LogP contribution is -2.23. The minimum absolute atomic E-state index is 0.0168. The number of hydrogen-bond donors (Lipinski definition) is 0. The average molecular weight is 260 g/mol. The molecule has 3 nitrogen and oxygen atoms in total. The Morgan fingerprint density at radius 2 is 1.94 bits per heavy atom. The fourth-order valence-corrected chi connectivity index (χ4v) is 4.82. The van der Waals surface area contributed by atoms with Crippen LogP contribution in [0.4, 0.5) is 0 Å². The number of hydrogen-bond acceptors (Lipinski definition) is 5. The SMILES string of the molecule is CC1(C)OC2OCC(=C3SCCCS3)C2O1. The summed E-state index contributed by atoms with van der Waals surface area (Å²) in [6, 6.07) is 0. The highest BCUT2D eigenvalue weighted by molar-refractivity contribution is 8.22. The third-order valence-corrected chi connectivity index (χ3v) is 5.56. The lowest BCUT2D eigenvalue weighted by molar-refractivity contribution is -0.189. The second-order valence-electron chi connectivity index (χ2n) is 4.60. The van der Waals surface area contributed by atoms with Crippen LogP contribution < -0.4 is 0 Å². The molecule has 3 aliphatic rings. The van der Waals surface area contributed by atoms with Crippen molar-refractivity contribution in [1.29, 1.82) is 0 Å². The summed E-state index contributed by atoms with van der Waals surface area (Å²) in [5.74, 6) is 1.92. The van der Waals surface area contributed by atoms with Gasteiger partial charge in [-0.15, -0.1) is 23.5 Å². The van der Waals surface area contributed by atoms with Crippen LogP contribution in [0.5, 0.6) is 0 Å². The summed E-state index contributed by atoms with van der Waals surface area (Å²) in [6.07, 6.45) is 1.12. The molecule has 0 aromatic rings. The highest BCUT2D eigenvalue weighted by atomic mass is 32.2. The second kappa shape index (κ2) is 4.21. The molecule has 90 valence electrons. The van der Waals surface area contributed by atoms with Gasteiger partial charge in [-0.2, -0.15) is 0 Å². The van der Waals surface area contributed by atoms with Crippen LogP contribution in [0.2, 0.25) is 0 Å². The zero-order valence-electron chi connectivity index (χ0n) is 9.52. The predicted molar refractivity (Wildman–Crippen MR) is 66.3 cm³/mol. The average Bonchev–Trinajstić information content (AvgIpc) is 2.74. The van der Waals surface area contributed by atoms with Gasteiger partial charge in [0.05, 0.1) is 6.61 Å². The van der Waals surface area contributed by atoms with Gasteiger partial charge < -0.3 is 14.2 Å². The standard InChI is InChI=1S/C11H16O3S2/c1-11(2)13-8-7(6-12-9(8)14-11)10-15-4-3-5-16-10/h8-9H,3-6H2,1-2H3. The maximum atomic E-state index is 5.91. The molecule has 0 spiro atoms. The smallest absolute Gasteiger partial charge is 0.191 e. The van der Waals surface area contributed by atoms with Gasteiger partial charge in [0.2, 0.25) is 0 Å². The van der Waals surface area contributed by atoms with Crippen LogP contribution >= 0.6 is 23.5 Å². The molecular formula is C11H16O3S2. The Bertz CT molecular complexity index is 319. The Labute approximate surface area is 104 Å². The van der Waals surface area contributed by atoms with E-state index in [1.54, 1.807) is 0 Å². The molecule has 0 bridgehead atoms. The summed E-state index contributed by atoms with van der Waals surface area (Å²) in [7, 11) is 0. The van der Waals surface area contributed by atoms with Crippen molar-refractivity contribution in [3.05, 3.63) is 9.81 Å². The summed E-state index contributed by atoms with van der Waals surface area (Å²) < 4.78 is 18.7. The Morgan fingerprint density at radius 1 is 1.19 bits per heavy atom. The molecule has 2 unspecified atom stereocenters. The molecule has 5 heteroatoms. The zero-order valence-corrected chi connectivity index (χ0v) is 11.2. The molecule has 0 radical (unpaired) electrons. The number of fused-ring (bicyclic) bond motifs is 1. The van der Waals surface area contributed by atoms with Gasteiger partial charge in [-0.1, -0.05) is 0 Å². The van der Waals surface area contributed by atoms with E-state index >= 15 is 0 Å². The molecule has 0 N–H and O–H groups in total. The van der Waals surface area contributed by atoms with Crippen LogP contribution in [0, 0.1) is 0 Å². The quantitative estimate of drug-likeness (QED) is 0.667. The molecule has 16 heavy (non-hydrogen) atoms. The van der Waals surface area contributed by atoms with Crippen molar-refractivity contribution in [3.63, 3.8) is 0 Å². The van der Waals surface area contributed by atoms with E-state index in [1.807, 2.05) is 37.4 Å². The van der Waals surface area contributed by atoms with E-state index in [0.29, 0.717) is 6.61 Å². The molecule has 3 heterocycles. The summed E-state index contributed by atoms with van der Waals surface area (Å²) in [5, 5.41) is 0. The first-order valence-corrected chi connectivity index (χ1v) is 7.59. The predicted octanol–water partition coefficient (Wildman–Crippen LogP) is 2.58. The normalized spacial score (nSPS) is 37.9. The van der Waals surface area contributed by atoms with Gasteiger partial charge in [-0.3, -0.25) is 0 Å². The molecule has 0 aromatic carbocycles. The third-order valence-electron chi connectivity index (χ3n) is 2.82. The first kappa shape index (κ1) is 11.4. The molecule has 3 aliphatic heterocycles. The fraction of sp³-hybridized carbons (Fsp3) is 0.818. The van der Waals surface area contributed by atoms with Gasteiger partial charge in [-0.05, 0) is 31.8 Å². The minimum atomic E-state index is -0.508. The number of rotatable bonds is 0. The Hall–Kier alpha value is 0.320. The Balaban J connectivity index is 1.82. The van der Waals surface area contributed by atoms with Crippen molar-refractivity contribution >= 4 is 23.5 Å². The monoisotopic (exact) mass is 260 g/mol. The van der Waals surface area contributed by atoms with Crippen molar-refractivity contribution in [3.8, 4) is 0 Å². The van der Waals surface area contributed by atoms with Gasteiger partial charge in [0, 0.05) is 9.81 Å². The zero-order chi connectivity index (χ0) is 11.2. The lowest BCUT2D eigenvalue weighted by Gasteiger charge is -2.20. The van der Waals surface area contributed by atoms with Crippen LogP contribution in [0.25, 0.3) is 0 Å². The highest BCUT2D eigenvalue weighted by Gasteiger charge is 2.48. The summed E-state index contributed by atoms with van der Waals surface area (Å²) >= 11 is 3.87. The van der Waals surface area contributed by atoms with Crippen molar-refractivity contribution < 1.29 is 14.2 Å². The van der Waals surface area contributed by atoms with Crippen molar-refractivity contribution in [2.24, 2.45) is 0 Å². The fourth-order valence-electron chi connectivity index (χ4n) is 2.13. The van der Waals surface area contributed by atoms with Crippen LogP contribution in [-0.2, 0) is 14.2 Å². The number of ether oxygens (including phenoxy) is 3. The van der Waals surface area contributed by atoms with E-state index in [4.69, 9.17) is 14.2 Å². The second-order valence-corrected chi connectivity index (χ2v) is 7.07. The first-order chi connectivity index (χ1) is 7.66. The van der Waals surface area contributed by atoms with E-state index in [9.17, 15) is 0 Å². The Kier molecular flexibility index (Phi) is 3.00. The minimum Gasteiger partial charge on any atom is -0.345 e. The van der Waals surface area contributed by atoms with Crippen LogP contribution in [0.1, 0.15) is 20.3 Å². The highest BCUT2D eigenvalue weighted by Crippen LogP contribution is 2.45. The van der Waals surface area contributed by atoms with Gasteiger partial charge >= 0.3 is 0 Å². The maximum Gasteiger partial charge on any atom is 0.191 e. The molecule has 3 rings (SSSR count). The Morgan fingerprint density at radius 3 is 2.69 bits per heavy atom. The molecule has 3 fully saturated rings. The summed E-state index contributed by atoms with van der Waals surface area (Å²) in [5.41, 5.74) is 1.30. The van der Waals surface area contributed by atoms with Crippen molar-refractivity contribution in [2.45, 2.75) is 38.4 Å². The molecule has 0 aromatic heterocycles. The van der Waals surface area contributed by atoms with E-state index in [0.717, 1.165) is 0 Å². The molecule has 0 aliphatic carbocycles. The van der Waals surface area contributed by atoms with Gasteiger partial charge in [0.25, 0.3) is 0 Å². The van der Waals surface area contributed by atoms with E-state index in [-0.39, 0.29) is 12.4 Å². The van der Waals surface area contributed by atoms with E-state index < -0.39 is 5.79 Å². The van der Waals surface area contributed by atoms with Gasteiger partial charge in [-0.25, -0.2) is 0 Å². The summed E-state index contributed by atoms with van der Waals surface area (Å²) in [4.78, 5) is 0. The molecule has 0 amide bonds. The lowest BCUT2D eigenvalue weighted by atomic mass is 10.2. The summed E-state index contributed by atoms with van der Waals surface area (Å²) in [6.45, 7) is 4.55. The molecular weight excluding hydrogens is 244 g/mol. The van der Waals surface area contributed by atoms with Crippen LogP contribution in [0.15, 0.2) is 9.81 Å².